The Balaban J connectivity index is 1.37. The number of nitrogens with one attached hydrogen (secondary N) is 2. The number of benzene rings is 4. The van der Waals surface area contributed by atoms with E-state index in [4.69, 9.17) is 0 Å². The number of anilines is 1. The molecule has 0 saturated carbocycles. The van der Waals surface area contributed by atoms with Gasteiger partial charge < -0.3 is 10.6 Å². The van der Waals surface area contributed by atoms with Gasteiger partial charge in [0.2, 0.25) is 9.84 Å². The Morgan fingerprint density at radius 3 is 2.40 bits per heavy atom. The van der Waals surface area contributed by atoms with Crippen LogP contribution in [0, 0.1) is 5.82 Å². The SMILES string of the molecule is O=C(NCc1cccc(-c2ccc(F)cc2)c1)c1ccc2c(c1)NC(=O)c1ccccc1S2(=O)=O. The van der Waals surface area contributed by atoms with Crippen molar-refractivity contribution in [1.29, 1.82) is 0 Å². The van der Waals surface area contributed by atoms with Gasteiger partial charge in [-0.2, -0.15) is 0 Å². The van der Waals surface area contributed by atoms with E-state index in [1.807, 2.05) is 24.3 Å². The minimum absolute atomic E-state index is 0.0516. The van der Waals surface area contributed by atoms with Gasteiger partial charge in [-0.15, -0.1) is 0 Å². The maximum Gasteiger partial charge on any atom is 0.257 e. The first-order valence-corrected chi connectivity index (χ1v) is 12.2. The van der Waals surface area contributed by atoms with Crippen molar-refractivity contribution in [2.75, 3.05) is 5.32 Å². The van der Waals surface area contributed by atoms with E-state index >= 15 is 0 Å². The molecule has 0 bridgehead atoms. The van der Waals surface area contributed by atoms with Gasteiger partial charge in [0, 0.05) is 12.1 Å². The van der Waals surface area contributed by atoms with E-state index in [0.717, 1.165) is 16.7 Å². The molecule has 0 spiro atoms. The molecule has 6 nitrogen and oxygen atoms in total. The maximum atomic E-state index is 13.2. The summed E-state index contributed by atoms with van der Waals surface area (Å²) < 4.78 is 39.4. The number of carbonyl (C=O) groups excluding carboxylic acids is 2. The molecule has 4 aromatic carbocycles. The molecule has 0 fully saturated rings. The van der Waals surface area contributed by atoms with E-state index in [1.54, 1.807) is 24.3 Å². The second kappa shape index (κ2) is 8.81. The van der Waals surface area contributed by atoms with Gasteiger partial charge in [0.1, 0.15) is 5.82 Å². The van der Waals surface area contributed by atoms with Crippen LogP contribution in [0.2, 0.25) is 0 Å². The number of amides is 2. The van der Waals surface area contributed by atoms with Crippen molar-refractivity contribution < 1.29 is 22.4 Å². The smallest absolute Gasteiger partial charge is 0.257 e. The number of hydrogen-bond acceptors (Lipinski definition) is 4. The normalized spacial score (nSPS) is 13.7. The van der Waals surface area contributed by atoms with Crippen molar-refractivity contribution in [3.63, 3.8) is 0 Å². The van der Waals surface area contributed by atoms with Crippen LogP contribution >= 0.6 is 0 Å². The summed E-state index contributed by atoms with van der Waals surface area (Å²) in [4.78, 5) is 25.3. The van der Waals surface area contributed by atoms with Gasteiger partial charge >= 0.3 is 0 Å². The number of halogens is 1. The molecule has 0 saturated heterocycles. The molecule has 2 N–H and O–H groups in total. The third-order valence-corrected chi connectivity index (χ3v) is 7.63. The van der Waals surface area contributed by atoms with Crippen LogP contribution in [0.3, 0.4) is 0 Å². The van der Waals surface area contributed by atoms with E-state index in [2.05, 4.69) is 10.6 Å². The van der Waals surface area contributed by atoms with Gasteiger partial charge in [-0.1, -0.05) is 42.5 Å². The van der Waals surface area contributed by atoms with Crippen molar-refractivity contribution in [1.82, 2.24) is 5.32 Å². The van der Waals surface area contributed by atoms with Gasteiger partial charge in [0.15, 0.2) is 0 Å². The van der Waals surface area contributed by atoms with Gasteiger partial charge in [-0.05, 0) is 65.2 Å². The van der Waals surface area contributed by atoms with Gasteiger partial charge in [0.05, 0.1) is 21.0 Å². The fraction of sp³-hybridized carbons (Fsp3) is 0.0370. The summed E-state index contributed by atoms with van der Waals surface area (Å²) in [6.07, 6.45) is 0. The van der Waals surface area contributed by atoms with Crippen LogP contribution in [-0.2, 0) is 16.4 Å². The molecular formula is C27H19FN2O4S. The minimum atomic E-state index is -3.94. The summed E-state index contributed by atoms with van der Waals surface area (Å²) in [7, 11) is -3.94. The Bertz CT molecular complexity index is 1580. The first-order valence-electron chi connectivity index (χ1n) is 10.8. The minimum Gasteiger partial charge on any atom is -0.348 e. The summed E-state index contributed by atoms with van der Waals surface area (Å²) in [5, 5.41) is 5.42. The van der Waals surface area contributed by atoms with Gasteiger partial charge in [0.25, 0.3) is 11.8 Å². The molecule has 2 amide bonds. The molecule has 1 aliphatic heterocycles. The fourth-order valence-corrected chi connectivity index (χ4v) is 5.58. The summed E-state index contributed by atoms with van der Waals surface area (Å²) in [6.45, 7) is 0.223. The zero-order valence-electron chi connectivity index (χ0n) is 18.3. The predicted molar refractivity (Wildman–Crippen MR) is 129 cm³/mol. The molecule has 0 aliphatic carbocycles. The number of rotatable bonds is 4. The van der Waals surface area contributed by atoms with Crippen molar-refractivity contribution in [2.45, 2.75) is 16.3 Å². The molecule has 35 heavy (non-hydrogen) atoms. The first kappa shape index (κ1) is 22.5. The quantitative estimate of drug-likeness (QED) is 0.433. The van der Waals surface area contributed by atoms with E-state index in [0.29, 0.717) is 0 Å². The number of fused-ring (bicyclic) bond motifs is 2. The molecule has 174 valence electrons. The van der Waals surface area contributed by atoms with Crippen LogP contribution < -0.4 is 10.6 Å². The summed E-state index contributed by atoms with van der Waals surface area (Å²) in [6, 6.07) is 23.7. The maximum absolute atomic E-state index is 13.2. The molecule has 4 aromatic rings. The summed E-state index contributed by atoms with van der Waals surface area (Å²) in [5.74, 6) is -1.29. The topological polar surface area (TPSA) is 92.3 Å². The molecule has 0 unspecified atom stereocenters. The average molecular weight is 487 g/mol. The first-order chi connectivity index (χ1) is 16.8. The fourth-order valence-electron chi connectivity index (χ4n) is 3.99. The summed E-state index contributed by atoms with van der Waals surface area (Å²) in [5.41, 5.74) is 2.88. The van der Waals surface area contributed by atoms with E-state index in [1.165, 1.54) is 42.5 Å². The summed E-state index contributed by atoms with van der Waals surface area (Å²) >= 11 is 0. The van der Waals surface area contributed by atoms with Crippen molar-refractivity contribution in [3.05, 3.63) is 114 Å². The highest BCUT2D eigenvalue weighted by Gasteiger charge is 2.31. The van der Waals surface area contributed by atoms with Crippen LogP contribution in [0.1, 0.15) is 26.3 Å². The van der Waals surface area contributed by atoms with Crippen LogP contribution in [0.15, 0.2) is 101 Å². The average Bonchev–Trinajstić information content (AvgIpc) is 2.95. The predicted octanol–water partition coefficient (Wildman–Crippen LogP) is 4.82. The van der Waals surface area contributed by atoms with Crippen molar-refractivity contribution in [3.8, 4) is 11.1 Å². The third kappa shape index (κ3) is 4.31. The third-order valence-electron chi connectivity index (χ3n) is 5.76. The molecule has 1 heterocycles. The van der Waals surface area contributed by atoms with Crippen LogP contribution in [0.5, 0.6) is 0 Å². The standard InChI is InChI=1S/C27H19FN2O4S/c28-21-11-8-18(9-12-21)19-5-3-4-17(14-19)16-29-26(31)20-10-13-25-23(15-20)30-27(32)22-6-1-2-7-24(22)35(25,33)34/h1-15H,16H2,(H,29,31)(H,30,32). The van der Waals surface area contributed by atoms with Crippen molar-refractivity contribution in [2.24, 2.45) is 0 Å². The molecule has 1 aliphatic rings. The lowest BCUT2D eigenvalue weighted by molar-refractivity contribution is 0.0949. The van der Waals surface area contributed by atoms with E-state index in [-0.39, 0.29) is 39.0 Å². The molecule has 0 aromatic heterocycles. The zero-order chi connectivity index (χ0) is 24.6. The Kier molecular flexibility index (Phi) is 5.66. The Morgan fingerprint density at radius 1 is 0.829 bits per heavy atom. The second-order valence-corrected chi connectivity index (χ2v) is 9.94. The highest BCUT2D eigenvalue weighted by molar-refractivity contribution is 7.91. The van der Waals surface area contributed by atoms with Gasteiger partial charge in [-0.25, -0.2) is 12.8 Å². The van der Waals surface area contributed by atoms with E-state index in [9.17, 15) is 22.4 Å². The van der Waals surface area contributed by atoms with Crippen LogP contribution in [-0.4, -0.2) is 20.2 Å². The molecule has 8 heteroatoms. The number of sulfone groups is 1. The largest absolute Gasteiger partial charge is 0.348 e. The second-order valence-electron chi connectivity index (χ2n) is 8.05. The molecule has 0 radical (unpaired) electrons. The Morgan fingerprint density at radius 2 is 1.60 bits per heavy atom. The number of carbonyl (C=O) groups is 2. The lowest BCUT2D eigenvalue weighted by Crippen LogP contribution is -2.23. The highest BCUT2D eigenvalue weighted by atomic mass is 32.2. The lowest BCUT2D eigenvalue weighted by Gasteiger charge is -2.11. The highest BCUT2D eigenvalue weighted by Crippen LogP contribution is 2.34. The molecule has 0 atom stereocenters. The van der Waals surface area contributed by atoms with E-state index < -0.39 is 21.7 Å². The Labute approximate surface area is 201 Å². The lowest BCUT2D eigenvalue weighted by atomic mass is 10.0. The molecule has 5 rings (SSSR count). The number of hydrogen-bond donors (Lipinski definition) is 2. The van der Waals surface area contributed by atoms with Crippen molar-refractivity contribution >= 4 is 27.3 Å². The van der Waals surface area contributed by atoms with Crippen LogP contribution in [0.4, 0.5) is 10.1 Å². The van der Waals surface area contributed by atoms with Crippen LogP contribution in [0.25, 0.3) is 11.1 Å². The zero-order valence-corrected chi connectivity index (χ0v) is 19.1. The Hall–Kier alpha value is -4.30. The van der Waals surface area contributed by atoms with Gasteiger partial charge in [-0.3, -0.25) is 9.59 Å². The molecular weight excluding hydrogens is 467 g/mol. The monoisotopic (exact) mass is 486 g/mol.